The van der Waals surface area contributed by atoms with Crippen molar-refractivity contribution in [2.45, 2.75) is 31.7 Å². The number of hydrogen-bond acceptors (Lipinski definition) is 6. The highest BCUT2D eigenvalue weighted by Crippen LogP contribution is 2.45. The number of nitrogens with zero attached hydrogens (tertiary/aromatic N) is 2. The van der Waals surface area contributed by atoms with Crippen LogP contribution in [0.4, 0.5) is 0 Å². The summed E-state index contributed by atoms with van der Waals surface area (Å²) >= 11 is 7.66. The van der Waals surface area contributed by atoms with Crippen LogP contribution in [0.1, 0.15) is 45.2 Å². The fourth-order valence-corrected chi connectivity index (χ4v) is 9.29. The van der Waals surface area contributed by atoms with Crippen molar-refractivity contribution in [1.82, 2.24) is 4.57 Å². The molecule has 0 aliphatic rings. The van der Waals surface area contributed by atoms with Crippen LogP contribution in [0, 0.1) is 6.92 Å². The average molecular weight is 755 g/mol. The zero-order chi connectivity index (χ0) is 37.0. The van der Waals surface area contributed by atoms with E-state index in [0.717, 1.165) is 32.3 Å². The number of thioether (sulfide) groups is 1. The van der Waals surface area contributed by atoms with E-state index in [-0.39, 0.29) is 23.7 Å². The number of carbonyl (C=O) groups excluding carboxylic acids is 2. The zero-order valence-electron chi connectivity index (χ0n) is 29.2. The number of oxime groups is 1. The lowest BCUT2D eigenvalue weighted by molar-refractivity contribution is 0.103. The molecule has 53 heavy (non-hydrogen) atoms. The van der Waals surface area contributed by atoms with Crippen LogP contribution >= 0.6 is 30.7 Å². The van der Waals surface area contributed by atoms with Crippen molar-refractivity contribution in [1.29, 1.82) is 0 Å². The monoisotopic (exact) mass is 754 g/mol. The van der Waals surface area contributed by atoms with Gasteiger partial charge in [-0.25, -0.2) is 0 Å². The highest BCUT2D eigenvalue weighted by atomic mass is 35.5. The van der Waals surface area contributed by atoms with Gasteiger partial charge >= 0.3 is 7.37 Å². The lowest BCUT2D eigenvalue weighted by Gasteiger charge is -2.17. The van der Waals surface area contributed by atoms with Crippen LogP contribution in [0.3, 0.4) is 0 Å². The van der Waals surface area contributed by atoms with Gasteiger partial charge in [0.25, 0.3) is 0 Å². The number of aryl methyl sites for hydroxylation is 2. The first-order valence-electron chi connectivity index (χ1n) is 17.3. The van der Waals surface area contributed by atoms with Crippen molar-refractivity contribution >= 4 is 80.4 Å². The summed E-state index contributed by atoms with van der Waals surface area (Å²) in [7, 11) is -3.72. The Labute approximate surface area is 317 Å². The SMILES string of the molecule is CCn1c2ccc(C(=O)/C(CCSc3ccc(Cl)cc3)=N/OP(=O)(c3ccccc3)c3ccccc3)cc2c2cc(C(=O)c3ccccc3C)ccc21. The Kier molecular flexibility index (Phi) is 10.8. The molecule has 0 amide bonds. The molecule has 6 nitrogen and oxygen atoms in total. The van der Waals surface area contributed by atoms with Crippen molar-refractivity contribution in [3.05, 3.63) is 173 Å². The standard InChI is InChI=1S/C44H36ClN2O4PS/c1-3-47-41-24-18-31(43(48)37-17-11-10-12-30(37)2)28-38(41)39-29-32(19-25-42(39)47)44(49)40(26-27-53-36-22-20-33(45)21-23-36)46-51-52(50,34-13-6-4-7-14-34)35-15-8-5-9-16-35/h4-25,28-29H,3,26-27H2,1-2H3/b46-40+. The van der Waals surface area contributed by atoms with Crippen LogP contribution in [-0.4, -0.2) is 27.6 Å². The zero-order valence-corrected chi connectivity index (χ0v) is 31.7. The summed E-state index contributed by atoms with van der Waals surface area (Å²) in [6, 6.07) is 44.3. The topological polar surface area (TPSA) is 77.7 Å². The van der Waals surface area contributed by atoms with Crippen LogP contribution in [0.15, 0.2) is 156 Å². The molecule has 0 fully saturated rings. The number of hydrogen-bond donors (Lipinski definition) is 0. The molecule has 0 unspecified atom stereocenters. The lowest BCUT2D eigenvalue weighted by atomic mass is 9.97. The van der Waals surface area contributed by atoms with Crippen molar-refractivity contribution < 1.29 is 18.8 Å². The van der Waals surface area contributed by atoms with Gasteiger partial charge in [0.15, 0.2) is 5.78 Å². The van der Waals surface area contributed by atoms with E-state index in [4.69, 9.17) is 16.2 Å². The summed E-state index contributed by atoms with van der Waals surface area (Å²) in [5.41, 5.74) is 4.62. The average Bonchev–Trinajstić information content (AvgIpc) is 3.52. The smallest absolute Gasteiger partial charge is 0.330 e. The molecule has 0 saturated carbocycles. The van der Waals surface area contributed by atoms with Gasteiger partial charge in [-0.05, 0) is 104 Å². The number of aromatic nitrogens is 1. The Morgan fingerprint density at radius 3 is 1.91 bits per heavy atom. The van der Waals surface area contributed by atoms with Gasteiger partial charge in [-0.15, -0.1) is 11.8 Å². The number of benzene rings is 6. The number of fused-ring (bicyclic) bond motifs is 3. The molecule has 1 aromatic heterocycles. The molecule has 1 heterocycles. The molecule has 0 bridgehead atoms. The van der Waals surface area contributed by atoms with E-state index >= 15 is 0 Å². The molecule has 0 N–H and O–H groups in total. The third kappa shape index (κ3) is 7.51. The molecule has 7 rings (SSSR count). The van der Waals surface area contributed by atoms with E-state index in [0.29, 0.717) is 44.6 Å². The van der Waals surface area contributed by atoms with E-state index in [1.54, 1.807) is 66.4 Å². The number of Topliss-reactive ketones (excluding diaryl/α,β-unsaturated/α-hetero) is 1. The van der Waals surface area contributed by atoms with Crippen molar-refractivity contribution in [3.63, 3.8) is 0 Å². The Morgan fingerprint density at radius 1 is 0.736 bits per heavy atom. The second-order valence-corrected chi connectivity index (χ2v) is 16.5. The normalized spacial score (nSPS) is 11.9. The maximum Gasteiger partial charge on any atom is 0.330 e. The summed E-state index contributed by atoms with van der Waals surface area (Å²) in [4.78, 5) is 29.1. The molecule has 0 aliphatic heterocycles. The van der Waals surface area contributed by atoms with Crippen LogP contribution < -0.4 is 10.6 Å². The Bertz CT molecular complexity index is 2490. The molecule has 0 saturated heterocycles. The first-order chi connectivity index (χ1) is 25.8. The number of carbonyl (C=O) groups is 2. The maximum atomic E-state index is 14.7. The van der Waals surface area contributed by atoms with E-state index < -0.39 is 7.37 Å². The summed E-state index contributed by atoms with van der Waals surface area (Å²) < 4.78 is 22.9. The minimum atomic E-state index is -3.72. The van der Waals surface area contributed by atoms with Crippen molar-refractivity contribution in [3.8, 4) is 0 Å². The van der Waals surface area contributed by atoms with E-state index in [1.165, 1.54) is 0 Å². The van der Waals surface area contributed by atoms with E-state index in [1.807, 2.05) is 97.9 Å². The second-order valence-electron chi connectivity index (χ2n) is 12.6. The fourth-order valence-electron chi connectivity index (χ4n) is 6.47. The molecule has 264 valence electrons. The van der Waals surface area contributed by atoms with Gasteiger partial charge in [-0.1, -0.05) is 77.4 Å². The van der Waals surface area contributed by atoms with Gasteiger partial charge in [0, 0.05) is 67.1 Å². The minimum absolute atomic E-state index is 0.0550. The van der Waals surface area contributed by atoms with Crippen LogP contribution in [-0.2, 0) is 15.7 Å². The van der Waals surface area contributed by atoms with E-state index in [2.05, 4.69) is 16.6 Å². The Morgan fingerprint density at radius 2 is 1.30 bits per heavy atom. The number of rotatable bonds is 13. The molecule has 0 radical (unpaired) electrons. The lowest BCUT2D eigenvalue weighted by Crippen LogP contribution is -2.20. The molecule has 0 spiro atoms. The van der Waals surface area contributed by atoms with E-state index in [9.17, 15) is 14.2 Å². The first-order valence-corrected chi connectivity index (χ1v) is 20.3. The molecule has 7 aromatic rings. The Hall–Kier alpha value is -5.20. The highest BCUT2D eigenvalue weighted by Gasteiger charge is 2.31. The quantitative estimate of drug-likeness (QED) is 0.0385. The van der Waals surface area contributed by atoms with Gasteiger partial charge < -0.3 is 9.19 Å². The predicted octanol–water partition coefficient (Wildman–Crippen LogP) is 10.7. The van der Waals surface area contributed by atoms with Gasteiger partial charge in [0.2, 0.25) is 5.78 Å². The third-order valence-electron chi connectivity index (χ3n) is 9.24. The second kappa shape index (κ2) is 15.8. The Balaban J connectivity index is 1.29. The summed E-state index contributed by atoms with van der Waals surface area (Å²) in [6.07, 6.45) is 0.250. The first kappa shape index (κ1) is 36.2. The van der Waals surface area contributed by atoms with Crippen LogP contribution in [0.25, 0.3) is 21.8 Å². The molecule has 0 aliphatic carbocycles. The van der Waals surface area contributed by atoms with Crippen LogP contribution in [0.2, 0.25) is 5.02 Å². The van der Waals surface area contributed by atoms with Gasteiger partial charge in [0.05, 0.1) is 10.6 Å². The van der Waals surface area contributed by atoms with Crippen molar-refractivity contribution in [2.75, 3.05) is 5.75 Å². The third-order valence-corrected chi connectivity index (χ3v) is 12.8. The van der Waals surface area contributed by atoms with Crippen molar-refractivity contribution in [2.24, 2.45) is 5.16 Å². The highest BCUT2D eigenvalue weighted by molar-refractivity contribution is 7.99. The summed E-state index contributed by atoms with van der Waals surface area (Å²) in [5.74, 6) is 0.125. The fraction of sp³-hybridized carbons (Fsp3) is 0.114. The number of ketones is 2. The van der Waals surface area contributed by atoms with Gasteiger partial charge in [-0.3, -0.25) is 14.2 Å². The minimum Gasteiger partial charge on any atom is -0.341 e. The maximum absolute atomic E-state index is 14.7. The molecule has 9 heteroatoms. The molecular weight excluding hydrogens is 719 g/mol. The molecule has 0 atom stereocenters. The largest absolute Gasteiger partial charge is 0.341 e. The summed E-state index contributed by atoms with van der Waals surface area (Å²) in [6.45, 7) is 4.71. The number of halogens is 1. The van der Waals surface area contributed by atoms with Crippen LogP contribution in [0.5, 0.6) is 0 Å². The van der Waals surface area contributed by atoms with Gasteiger partial charge in [-0.2, -0.15) is 0 Å². The molecule has 6 aromatic carbocycles. The van der Waals surface area contributed by atoms with Gasteiger partial charge in [0.1, 0.15) is 5.71 Å². The summed E-state index contributed by atoms with van der Waals surface area (Å²) in [5, 5.41) is 7.75. The predicted molar refractivity (Wildman–Crippen MR) is 219 cm³/mol. The molecular formula is C44H36ClN2O4PS.